The Labute approximate surface area is 117 Å². The molecule has 4 heteroatoms. The van der Waals surface area contributed by atoms with Crippen molar-refractivity contribution in [2.45, 2.75) is 31.2 Å². The van der Waals surface area contributed by atoms with E-state index in [9.17, 15) is 0 Å². The third-order valence-corrected chi connectivity index (χ3v) is 3.65. The summed E-state index contributed by atoms with van der Waals surface area (Å²) in [7, 11) is 0. The van der Waals surface area contributed by atoms with Gasteiger partial charge in [0, 0.05) is 6.20 Å². The number of benzene rings is 1. The quantitative estimate of drug-likeness (QED) is 0.801. The second-order valence-electron chi connectivity index (χ2n) is 4.68. The third kappa shape index (κ3) is 2.71. The minimum Gasteiger partial charge on any atom is -0.468 e. The van der Waals surface area contributed by atoms with E-state index in [1.54, 1.807) is 12.4 Å². The summed E-state index contributed by atoms with van der Waals surface area (Å²) in [4.78, 5) is 8.45. The predicted molar refractivity (Wildman–Crippen MR) is 74.3 cm³/mol. The Morgan fingerprint density at radius 1 is 1.26 bits per heavy atom. The zero-order valence-corrected chi connectivity index (χ0v) is 11.3. The summed E-state index contributed by atoms with van der Waals surface area (Å²) in [6, 6.07) is 8.44. The van der Waals surface area contributed by atoms with E-state index >= 15 is 0 Å². The number of aryl methyl sites for hydroxylation is 1. The van der Waals surface area contributed by atoms with Gasteiger partial charge in [-0.05, 0) is 30.4 Å². The second-order valence-corrected chi connectivity index (χ2v) is 4.95. The van der Waals surface area contributed by atoms with Gasteiger partial charge in [0.25, 0.3) is 0 Å². The van der Waals surface area contributed by atoms with E-state index in [1.807, 2.05) is 0 Å². The van der Waals surface area contributed by atoms with Crippen molar-refractivity contribution < 1.29 is 4.74 Å². The van der Waals surface area contributed by atoms with Crippen LogP contribution in [0.15, 0.2) is 36.7 Å². The predicted octanol–water partition coefficient (Wildman–Crippen LogP) is 3.67. The molecule has 0 saturated heterocycles. The fourth-order valence-corrected chi connectivity index (χ4v) is 2.61. The maximum Gasteiger partial charge on any atom is 0.233 e. The minimum absolute atomic E-state index is 0.0739. The monoisotopic (exact) mass is 274 g/mol. The average molecular weight is 275 g/mol. The van der Waals surface area contributed by atoms with Crippen LogP contribution < -0.4 is 4.74 Å². The first-order valence-electron chi connectivity index (χ1n) is 6.48. The standard InChI is InChI=1S/C15H15ClN2O/c16-8-12-9-17-10-15(18-12)19-14-7-3-5-11-4-1-2-6-13(11)14/h1-2,4,6,9-10,14H,3,5,7-8H2. The number of ether oxygens (including phenoxy) is 1. The van der Waals surface area contributed by atoms with Gasteiger partial charge in [0.2, 0.25) is 5.88 Å². The van der Waals surface area contributed by atoms with E-state index in [0.29, 0.717) is 11.8 Å². The average Bonchev–Trinajstić information content (AvgIpc) is 2.48. The Kier molecular flexibility index (Phi) is 3.65. The molecule has 1 atom stereocenters. The molecular formula is C15H15ClN2O. The van der Waals surface area contributed by atoms with Gasteiger partial charge in [0.15, 0.2) is 0 Å². The number of fused-ring (bicyclic) bond motifs is 1. The maximum atomic E-state index is 5.99. The van der Waals surface area contributed by atoms with Crippen molar-refractivity contribution in [2.75, 3.05) is 0 Å². The summed E-state index contributed by atoms with van der Waals surface area (Å²) < 4.78 is 5.99. The molecule has 2 aromatic rings. The first-order valence-corrected chi connectivity index (χ1v) is 7.01. The van der Waals surface area contributed by atoms with E-state index in [2.05, 4.69) is 34.2 Å². The van der Waals surface area contributed by atoms with Gasteiger partial charge in [-0.25, -0.2) is 4.98 Å². The highest BCUT2D eigenvalue weighted by Crippen LogP contribution is 2.32. The number of hydrogen-bond donors (Lipinski definition) is 0. The zero-order valence-electron chi connectivity index (χ0n) is 10.6. The highest BCUT2D eigenvalue weighted by Gasteiger charge is 2.21. The van der Waals surface area contributed by atoms with Gasteiger partial charge in [0.05, 0.1) is 17.8 Å². The van der Waals surface area contributed by atoms with Crippen LogP contribution >= 0.6 is 11.6 Å². The molecular weight excluding hydrogens is 260 g/mol. The molecule has 0 bridgehead atoms. The van der Waals surface area contributed by atoms with Crippen LogP contribution in [-0.2, 0) is 12.3 Å². The van der Waals surface area contributed by atoms with Crippen LogP contribution in [0.3, 0.4) is 0 Å². The van der Waals surface area contributed by atoms with Gasteiger partial charge in [-0.3, -0.25) is 4.98 Å². The van der Waals surface area contributed by atoms with Crippen LogP contribution in [0.5, 0.6) is 5.88 Å². The number of alkyl halides is 1. The Hall–Kier alpha value is -1.61. The maximum absolute atomic E-state index is 5.99. The van der Waals surface area contributed by atoms with Crippen molar-refractivity contribution in [1.82, 2.24) is 9.97 Å². The molecule has 98 valence electrons. The van der Waals surface area contributed by atoms with Crippen LogP contribution in [0.4, 0.5) is 0 Å². The summed E-state index contributed by atoms with van der Waals surface area (Å²) in [5.74, 6) is 0.908. The fraction of sp³-hybridized carbons (Fsp3) is 0.333. The van der Waals surface area contributed by atoms with E-state index in [0.717, 1.165) is 25.0 Å². The fourth-order valence-electron chi connectivity index (χ4n) is 2.49. The smallest absolute Gasteiger partial charge is 0.233 e. The first-order chi connectivity index (χ1) is 9.36. The van der Waals surface area contributed by atoms with Gasteiger partial charge in [-0.15, -0.1) is 11.6 Å². The molecule has 1 aliphatic rings. The van der Waals surface area contributed by atoms with Crippen molar-refractivity contribution in [2.24, 2.45) is 0 Å². The van der Waals surface area contributed by atoms with Gasteiger partial charge < -0.3 is 4.74 Å². The molecule has 0 amide bonds. The highest BCUT2D eigenvalue weighted by molar-refractivity contribution is 6.16. The molecule has 19 heavy (non-hydrogen) atoms. The number of hydrogen-bond acceptors (Lipinski definition) is 3. The lowest BCUT2D eigenvalue weighted by Gasteiger charge is -2.25. The Morgan fingerprint density at radius 2 is 2.16 bits per heavy atom. The van der Waals surface area contributed by atoms with Gasteiger partial charge in [-0.1, -0.05) is 24.3 Å². The molecule has 0 radical (unpaired) electrons. The van der Waals surface area contributed by atoms with E-state index in [4.69, 9.17) is 16.3 Å². The van der Waals surface area contributed by atoms with Crippen molar-refractivity contribution in [3.05, 3.63) is 53.5 Å². The van der Waals surface area contributed by atoms with Crippen LogP contribution in [0.25, 0.3) is 0 Å². The summed E-state index contributed by atoms with van der Waals surface area (Å²) in [6.07, 6.45) is 6.67. The lowest BCUT2D eigenvalue weighted by Crippen LogP contribution is -2.15. The zero-order chi connectivity index (χ0) is 13.1. The number of aromatic nitrogens is 2. The summed E-state index contributed by atoms with van der Waals surface area (Å²) in [5, 5.41) is 0. The van der Waals surface area contributed by atoms with Gasteiger partial charge in [0.1, 0.15) is 6.10 Å². The molecule has 1 aliphatic carbocycles. The number of rotatable bonds is 3. The minimum atomic E-state index is 0.0739. The van der Waals surface area contributed by atoms with Crippen LogP contribution in [0.1, 0.15) is 35.8 Å². The van der Waals surface area contributed by atoms with E-state index < -0.39 is 0 Å². The molecule has 3 nitrogen and oxygen atoms in total. The molecule has 1 aromatic carbocycles. The molecule has 0 N–H and O–H groups in total. The molecule has 1 aromatic heterocycles. The molecule has 1 unspecified atom stereocenters. The van der Waals surface area contributed by atoms with Crippen LogP contribution in [0, 0.1) is 0 Å². The van der Waals surface area contributed by atoms with Crippen LogP contribution in [0.2, 0.25) is 0 Å². The molecule has 0 aliphatic heterocycles. The molecule has 3 rings (SSSR count). The molecule has 0 fully saturated rings. The highest BCUT2D eigenvalue weighted by atomic mass is 35.5. The molecule has 0 spiro atoms. The second kappa shape index (κ2) is 5.57. The lowest BCUT2D eigenvalue weighted by atomic mass is 9.89. The summed E-state index contributed by atoms with van der Waals surface area (Å²) >= 11 is 5.76. The van der Waals surface area contributed by atoms with Gasteiger partial charge in [-0.2, -0.15) is 0 Å². The number of halogens is 1. The van der Waals surface area contributed by atoms with Crippen molar-refractivity contribution in [3.63, 3.8) is 0 Å². The Bertz CT molecular complexity index is 574. The topological polar surface area (TPSA) is 35.0 Å². The van der Waals surface area contributed by atoms with Crippen molar-refractivity contribution >= 4 is 11.6 Å². The van der Waals surface area contributed by atoms with Crippen molar-refractivity contribution in [3.8, 4) is 5.88 Å². The number of nitrogens with zero attached hydrogens (tertiary/aromatic N) is 2. The van der Waals surface area contributed by atoms with Crippen LogP contribution in [-0.4, -0.2) is 9.97 Å². The van der Waals surface area contributed by atoms with Crippen molar-refractivity contribution in [1.29, 1.82) is 0 Å². The summed E-state index contributed by atoms with van der Waals surface area (Å²) in [6.45, 7) is 0. The third-order valence-electron chi connectivity index (χ3n) is 3.38. The molecule has 0 saturated carbocycles. The Morgan fingerprint density at radius 3 is 3.05 bits per heavy atom. The SMILES string of the molecule is ClCc1cncc(OC2CCCc3ccccc32)n1. The van der Waals surface area contributed by atoms with E-state index in [1.165, 1.54) is 11.1 Å². The molecule has 1 heterocycles. The van der Waals surface area contributed by atoms with E-state index in [-0.39, 0.29) is 6.10 Å². The summed E-state index contributed by atoms with van der Waals surface area (Å²) in [5.41, 5.74) is 3.38. The first kappa shape index (κ1) is 12.4. The largest absolute Gasteiger partial charge is 0.468 e. The Balaban J connectivity index is 1.84. The normalized spacial score (nSPS) is 17.8. The van der Waals surface area contributed by atoms with Gasteiger partial charge >= 0.3 is 0 Å². The lowest BCUT2D eigenvalue weighted by molar-refractivity contribution is 0.174.